The van der Waals surface area contributed by atoms with Gasteiger partial charge in [-0.2, -0.15) is 0 Å². The molecule has 220 valence electrons. The van der Waals surface area contributed by atoms with Gasteiger partial charge in [-0.05, 0) is 70.8 Å². The summed E-state index contributed by atoms with van der Waals surface area (Å²) in [6, 6.07) is 27.4. The monoisotopic (exact) mass is 700 g/mol. The number of aliphatic hydroxyl groups excluding tert-OH is 2. The number of hydrogen-bond donors (Lipinski definition) is 4. The van der Waals surface area contributed by atoms with E-state index in [1.165, 1.54) is 14.2 Å². The molecule has 4 rings (SSSR count). The van der Waals surface area contributed by atoms with Crippen LogP contribution in [0.2, 0.25) is 0 Å². The first kappa shape index (κ1) is 32.8. The summed E-state index contributed by atoms with van der Waals surface area (Å²) in [6.07, 6.45) is -2.32. The number of carboxylic acid groups (broad SMARTS) is 2. The highest BCUT2D eigenvalue weighted by Gasteiger charge is 2.31. The predicted octanol–water partition coefficient (Wildman–Crippen LogP) is 6.72. The molecule has 0 saturated carbocycles. The van der Waals surface area contributed by atoms with Crippen molar-refractivity contribution in [3.05, 3.63) is 128 Å². The maximum Gasteiger partial charge on any atom is 0.314 e. The molecular formula is C32H30Br2O8. The van der Waals surface area contributed by atoms with Gasteiger partial charge in [-0.25, -0.2) is 0 Å². The lowest BCUT2D eigenvalue weighted by molar-refractivity contribution is -0.142. The van der Waals surface area contributed by atoms with E-state index < -0.39 is 36.0 Å². The predicted molar refractivity (Wildman–Crippen MR) is 165 cm³/mol. The smallest absolute Gasteiger partial charge is 0.314 e. The number of aliphatic carboxylic acids is 2. The molecule has 0 unspecified atom stereocenters. The van der Waals surface area contributed by atoms with Crippen LogP contribution in [0, 0.1) is 0 Å². The number of carboxylic acids is 2. The van der Waals surface area contributed by atoms with E-state index in [2.05, 4.69) is 31.9 Å². The first-order valence-electron chi connectivity index (χ1n) is 12.7. The number of halogens is 2. The number of benzene rings is 4. The lowest BCUT2D eigenvalue weighted by Crippen LogP contribution is -2.20. The van der Waals surface area contributed by atoms with Gasteiger partial charge in [0.25, 0.3) is 0 Å². The fourth-order valence-corrected chi connectivity index (χ4v) is 5.19. The highest BCUT2D eigenvalue weighted by molar-refractivity contribution is 9.10. The summed E-state index contributed by atoms with van der Waals surface area (Å²) in [7, 11) is 3.04. The van der Waals surface area contributed by atoms with E-state index in [1.807, 2.05) is 0 Å². The zero-order valence-corrected chi connectivity index (χ0v) is 25.9. The van der Waals surface area contributed by atoms with Gasteiger partial charge in [0.05, 0.1) is 26.4 Å². The van der Waals surface area contributed by atoms with Gasteiger partial charge in [0.1, 0.15) is 23.3 Å². The fourth-order valence-electron chi connectivity index (χ4n) is 4.36. The number of rotatable bonds is 10. The van der Waals surface area contributed by atoms with Crippen LogP contribution in [0.3, 0.4) is 0 Å². The zero-order valence-electron chi connectivity index (χ0n) is 22.7. The van der Waals surface area contributed by atoms with Crippen LogP contribution in [0.5, 0.6) is 11.5 Å². The van der Waals surface area contributed by atoms with Crippen molar-refractivity contribution >= 4 is 43.8 Å². The highest BCUT2D eigenvalue weighted by atomic mass is 79.9. The van der Waals surface area contributed by atoms with E-state index in [0.717, 1.165) is 8.95 Å². The highest BCUT2D eigenvalue weighted by Crippen LogP contribution is 2.35. The second-order valence-electron chi connectivity index (χ2n) is 9.18. The third kappa shape index (κ3) is 8.65. The minimum Gasteiger partial charge on any atom is -0.497 e. The van der Waals surface area contributed by atoms with Crippen molar-refractivity contribution in [2.24, 2.45) is 0 Å². The van der Waals surface area contributed by atoms with E-state index in [4.69, 9.17) is 9.47 Å². The van der Waals surface area contributed by atoms with Crippen LogP contribution >= 0.6 is 31.9 Å². The zero-order chi connectivity index (χ0) is 30.8. The second kappa shape index (κ2) is 15.5. The molecule has 0 spiro atoms. The normalized spacial score (nSPS) is 13.5. The summed E-state index contributed by atoms with van der Waals surface area (Å²) in [5, 5.41) is 39.9. The number of methoxy groups -OCH3 is 2. The second-order valence-corrected chi connectivity index (χ2v) is 11.0. The van der Waals surface area contributed by atoms with E-state index >= 15 is 0 Å². The third-order valence-electron chi connectivity index (χ3n) is 6.45. The molecule has 10 heteroatoms. The quantitative estimate of drug-likeness (QED) is 0.143. The Kier molecular flexibility index (Phi) is 12.1. The van der Waals surface area contributed by atoms with Gasteiger partial charge in [0.15, 0.2) is 0 Å². The molecule has 4 N–H and O–H groups in total. The molecule has 0 saturated heterocycles. The largest absolute Gasteiger partial charge is 0.497 e. The van der Waals surface area contributed by atoms with Crippen LogP contribution < -0.4 is 9.47 Å². The van der Waals surface area contributed by atoms with Crippen molar-refractivity contribution in [3.8, 4) is 11.5 Å². The van der Waals surface area contributed by atoms with Crippen molar-refractivity contribution in [3.63, 3.8) is 0 Å². The molecule has 0 aromatic heterocycles. The molecule has 42 heavy (non-hydrogen) atoms. The molecule has 0 fully saturated rings. The van der Waals surface area contributed by atoms with E-state index in [0.29, 0.717) is 33.8 Å². The summed E-state index contributed by atoms with van der Waals surface area (Å²) in [5.41, 5.74) is 2.07. The molecule has 0 aliphatic rings. The molecule has 4 atom stereocenters. The van der Waals surface area contributed by atoms with Crippen molar-refractivity contribution < 1.29 is 39.5 Å². The van der Waals surface area contributed by atoms with Gasteiger partial charge < -0.3 is 29.9 Å². The maximum atomic E-state index is 11.6. The van der Waals surface area contributed by atoms with Crippen LogP contribution in [0.15, 0.2) is 106 Å². The Hall–Kier alpha value is -3.70. The van der Waals surface area contributed by atoms with Gasteiger partial charge in [-0.1, -0.05) is 80.4 Å². The molecule has 0 aliphatic heterocycles. The topological polar surface area (TPSA) is 134 Å². The van der Waals surface area contributed by atoms with Crippen LogP contribution in [0.1, 0.15) is 46.3 Å². The van der Waals surface area contributed by atoms with E-state index in [1.54, 1.807) is 97.1 Å². The number of hydrogen-bond acceptors (Lipinski definition) is 6. The molecule has 0 radical (unpaired) electrons. The fraction of sp³-hybridized carbons (Fsp3) is 0.188. The van der Waals surface area contributed by atoms with Crippen molar-refractivity contribution in [1.82, 2.24) is 0 Å². The van der Waals surface area contributed by atoms with Crippen LogP contribution in [0.25, 0.3) is 0 Å². The number of aliphatic hydroxyl groups is 2. The molecule has 0 amide bonds. The maximum absolute atomic E-state index is 11.6. The summed E-state index contributed by atoms with van der Waals surface area (Å²) in [6.45, 7) is 0. The Morgan fingerprint density at radius 3 is 1.21 bits per heavy atom. The van der Waals surface area contributed by atoms with Crippen molar-refractivity contribution in [2.45, 2.75) is 24.0 Å². The Morgan fingerprint density at radius 1 is 0.571 bits per heavy atom. The van der Waals surface area contributed by atoms with Crippen LogP contribution in [-0.2, 0) is 9.59 Å². The number of carbonyl (C=O) groups is 2. The van der Waals surface area contributed by atoms with Gasteiger partial charge in [-0.3, -0.25) is 9.59 Å². The minimum absolute atomic E-state index is 0.502. The summed E-state index contributed by atoms with van der Waals surface area (Å²) < 4.78 is 11.7. The Morgan fingerprint density at radius 2 is 0.905 bits per heavy atom. The number of ether oxygens (including phenoxy) is 2. The summed E-state index contributed by atoms with van der Waals surface area (Å²) >= 11 is 6.63. The minimum atomic E-state index is -1.16. The van der Waals surface area contributed by atoms with Gasteiger partial charge in [-0.15, -0.1) is 0 Å². The molecular weight excluding hydrogens is 672 g/mol. The van der Waals surface area contributed by atoms with Crippen molar-refractivity contribution in [2.75, 3.05) is 14.2 Å². The molecule has 8 nitrogen and oxygen atoms in total. The molecule has 0 heterocycles. The SMILES string of the molecule is COc1cccc([C@@H](O)[C@H](C(=O)O)c2cccc(Br)c2)c1.COc1cccc([C@H](O)[C@H](C(=O)O)c2cccc(Br)c2)c1. The average Bonchev–Trinajstić information content (AvgIpc) is 2.97. The van der Waals surface area contributed by atoms with Crippen LogP contribution in [-0.4, -0.2) is 46.6 Å². The van der Waals surface area contributed by atoms with Gasteiger partial charge in [0, 0.05) is 8.95 Å². The van der Waals surface area contributed by atoms with E-state index in [-0.39, 0.29) is 0 Å². The standard InChI is InChI=1S/2C16H15BrO4/c2*1-21-13-7-3-5-11(9-13)15(18)14(16(19)20)10-4-2-6-12(17)8-10/h2*2-9,14-15,18H,1H3,(H,19,20)/t14-,15+;14-,15-/m11/s1. The van der Waals surface area contributed by atoms with Crippen LogP contribution in [0.4, 0.5) is 0 Å². The Labute approximate surface area is 260 Å². The third-order valence-corrected chi connectivity index (χ3v) is 7.44. The van der Waals surface area contributed by atoms with Crippen molar-refractivity contribution in [1.29, 1.82) is 0 Å². The van der Waals surface area contributed by atoms with Gasteiger partial charge in [0.2, 0.25) is 0 Å². The molecule has 0 bridgehead atoms. The Bertz CT molecular complexity index is 1400. The van der Waals surface area contributed by atoms with E-state index in [9.17, 15) is 30.0 Å². The molecule has 4 aromatic rings. The Balaban J connectivity index is 0.000000230. The van der Waals surface area contributed by atoms with Gasteiger partial charge >= 0.3 is 11.9 Å². The lowest BCUT2D eigenvalue weighted by Gasteiger charge is -2.20. The molecule has 0 aliphatic carbocycles. The summed E-state index contributed by atoms with van der Waals surface area (Å²) in [5.74, 6) is -3.11. The average molecular weight is 702 g/mol. The first-order valence-corrected chi connectivity index (χ1v) is 14.2. The molecule has 4 aromatic carbocycles. The summed E-state index contributed by atoms with van der Waals surface area (Å²) in [4.78, 5) is 23.1. The lowest BCUT2D eigenvalue weighted by atomic mass is 9.89. The first-order chi connectivity index (χ1) is 20.0.